The minimum Gasteiger partial charge on any atom is -0.497 e. The van der Waals surface area contributed by atoms with Gasteiger partial charge in [-0.2, -0.15) is 5.10 Å². The van der Waals surface area contributed by atoms with Gasteiger partial charge in [-0.15, -0.1) is 0 Å². The largest absolute Gasteiger partial charge is 0.497 e. The summed E-state index contributed by atoms with van der Waals surface area (Å²) in [4.78, 5) is 24.9. The van der Waals surface area contributed by atoms with Crippen LogP contribution in [0, 0.1) is 0 Å². The molecular weight excluding hydrogens is 372 g/mol. The number of aromatic nitrogens is 2. The highest BCUT2D eigenvalue weighted by molar-refractivity contribution is 5.74. The van der Waals surface area contributed by atoms with E-state index in [1.807, 2.05) is 24.3 Å². The molecule has 154 valence electrons. The van der Waals surface area contributed by atoms with Gasteiger partial charge in [0.25, 0.3) is 5.56 Å². The van der Waals surface area contributed by atoms with Crippen LogP contribution in [0.4, 0.5) is 4.79 Å². The first-order valence-corrected chi connectivity index (χ1v) is 10.0. The Hall–Kier alpha value is -2.87. The van der Waals surface area contributed by atoms with Crippen LogP contribution in [0.15, 0.2) is 41.2 Å². The number of carbonyl (C=O) groups is 1. The van der Waals surface area contributed by atoms with Crippen LogP contribution in [0.2, 0.25) is 0 Å². The Labute approximate surface area is 169 Å². The number of carbonyl (C=O) groups excluding carboxylic acids is 1. The quantitative estimate of drug-likeness (QED) is 0.804. The number of urea groups is 1. The zero-order valence-electron chi connectivity index (χ0n) is 16.5. The molecule has 2 aliphatic rings. The molecule has 4 rings (SSSR count). The van der Waals surface area contributed by atoms with E-state index in [4.69, 9.17) is 9.47 Å². The lowest BCUT2D eigenvalue weighted by Gasteiger charge is -2.22. The SMILES string of the molecule is COc1cccc(-c2ccc(=O)n(C3COCC3NC(=O)NC3CCCC3)n2)c1. The van der Waals surface area contributed by atoms with E-state index >= 15 is 0 Å². The monoisotopic (exact) mass is 398 g/mol. The van der Waals surface area contributed by atoms with Crippen molar-refractivity contribution in [2.45, 2.75) is 43.8 Å². The standard InChI is InChI=1S/C21H26N4O4/c1-28-16-8-4-5-14(11-16)17-9-10-20(26)25(24-17)19-13-29-12-18(19)23-21(27)22-15-6-2-3-7-15/h4-5,8-11,15,18-19H,2-3,6-7,12-13H2,1H3,(H2,22,23,27). The Morgan fingerprint density at radius 1 is 1.17 bits per heavy atom. The van der Waals surface area contributed by atoms with Crippen molar-refractivity contribution in [2.24, 2.45) is 0 Å². The van der Waals surface area contributed by atoms with Crippen LogP contribution in [-0.4, -0.2) is 48.2 Å². The van der Waals surface area contributed by atoms with E-state index in [2.05, 4.69) is 15.7 Å². The van der Waals surface area contributed by atoms with E-state index in [9.17, 15) is 9.59 Å². The summed E-state index contributed by atoms with van der Waals surface area (Å²) in [6, 6.07) is 10.0. The molecule has 0 bridgehead atoms. The van der Waals surface area contributed by atoms with E-state index < -0.39 is 0 Å². The fourth-order valence-corrected chi connectivity index (χ4v) is 3.99. The van der Waals surface area contributed by atoms with Crippen LogP contribution in [0.25, 0.3) is 11.3 Å². The van der Waals surface area contributed by atoms with Crippen LogP contribution in [0.5, 0.6) is 5.75 Å². The maximum absolute atomic E-state index is 12.5. The summed E-state index contributed by atoms with van der Waals surface area (Å²) in [5, 5.41) is 10.5. The first kappa shape index (κ1) is 19.4. The maximum Gasteiger partial charge on any atom is 0.315 e. The molecule has 1 aromatic carbocycles. The van der Waals surface area contributed by atoms with Gasteiger partial charge in [-0.25, -0.2) is 9.48 Å². The van der Waals surface area contributed by atoms with E-state index in [1.54, 1.807) is 13.2 Å². The van der Waals surface area contributed by atoms with Gasteiger partial charge in [0.2, 0.25) is 0 Å². The van der Waals surface area contributed by atoms with Gasteiger partial charge in [0.1, 0.15) is 11.8 Å². The molecule has 1 saturated heterocycles. The molecule has 2 unspecified atom stereocenters. The van der Waals surface area contributed by atoms with Gasteiger partial charge in [0, 0.05) is 17.7 Å². The number of hydrogen-bond donors (Lipinski definition) is 2. The molecule has 2 amide bonds. The number of methoxy groups -OCH3 is 1. The summed E-state index contributed by atoms with van der Waals surface area (Å²) in [5.74, 6) is 0.717. The van der Waals surface area contributed by atoms with E-state index in [1.165, 1.54) is 10.7 Å². The molecule has 2 N–H and O–H groups in total. The lowest BCUT2D eigenvalue weighted by molar-refractivity contribution is 0.180. The van der Waals surface area contributed by atoms with Gasteiger partial charge in [-0.05, 0) is 31.0 Å². The molecular formula is C21H26N4O4. The van der Waals surface area contributed by atoms with Crippen molar-refractivity contribution >= 4 is 6.03 Å². The summed E-state index contributed by atoms with van der Waals surface area (Å²) in [6.07, 6.45) is 4.33. The van der Waals surface area contributed by atoms with E-state index in [0.717, 1.165) is 37.0 Å². The molecule has 1 aromatic heterocycles. The Bertz CT molecular complexity index is 923. The maximum atomic E-state index is 12.5. The molecule has 2 aromatic rings. The van der Waals surface area contributed by atoms with Crippen molar-refractivity contribution in [1.29, 1.82) is 0 Å². The van der Waals surface area contributed by atoms with Crippen LogP contribution in [-0.2, 0) is 4.74 Å². The highest BCUT2D eigenvalue weighted by atomic mass is 16.5. The van der Waals surface area contributed by atoms with Gasteiger partial charge in [0.15, 0.2) is 0 Å². The van der Waals surface area contributed by atoms with Gasteiger partial charge < -0.3 is 20.1 Å². The van der Waals surface area contributed by atoms with Crippen molar-refractivity contribution in [2.75, 3.05) is 20.3 Å². The molecule has 1 aliphatic heterocycles. The number of nitrogens with one attached hydrogen (secondary N) is 2. The molecule has 0 radical (unpaired) electrons. The number of nitrogens with zero attached hydrogens (tertiary/aromatic N) is 2. The third-order valence-corrected chi connectivity index (χ3v) is 5.56. The van der Waals surface area contributed by atoms with Crippen LogP contribution >= 0.6 is 0 Å². The predicted molar refractivity (Wildman–Crippen MR) is 108 cm³/mol. The molecule has 1 aliphatic carbocycles. The Balaban J connectivity index is 1.53. The molecule has 0 spiro atoms. The summed E-state index contributed by atoms with van der Waals surface area (Å²) >= 11 is 0. The average molecular weight is 398 g/mol. The van der Waals surface area contributed by atoms with Crippen LogP contribution in [0.3, 0.4) is 0 Å². The molecule has 8 nitrogen and oxygen atoms in total. The molecule has 29 heavy (non-hydrogen) atoms. The summed E-state index contributed by atoms with van der Waals surface area (Å²) in [6.45, 7) is 0.670. The van der Waals surface area contributed by atoms with Crippen molar-refractivity contribution in [3.8, 4) is 17.0 Å². The minimum atomic E-state index is -0.359. The van der Waals surface area contributed by atoms with Gasteiger partial charge in [-0.3, -0.25) is 4.79 Å². The van der Waals surface area contributed by atoms with Crippen molar-refractivity contribution in [3.63, 3.8) is 0 Å². The average Bonchev–Trinajstić information content (AvgIpc) is 3.40. The Kier molecular flexibility index (Phi) is 5.80. The molecule has 2 heterocycles. The van der Waals surface area contributed by atoms with Crippen LogP contribution < -0.4 is 20.9 Å². The highest BCUT2D eigenvalue weighted by Gasteiger charge is 2.33. The topological polar surface area (TPSA) is 94.5 Å². The Morgan fingerprint density at radius 2 is 2.00 bits per heavy atom. The van der Waals surface area contributed by atoms with Crippen molar-refractivity contribution < 1.29 is 14.3 Å². The van der Waals surface area contributed by atoms with Gasteiger partial charge >= 0.3 is 6.03 Å². The number of amides is 2. The number of benzene rings is 1. The zero-order valence-corrected chi connectivity index (χ0v) is 16.5. The van der Waals surface area contributed by atoms with Crippen molar-refractivity contribution in [1.82, 2.24) is 20.4 Å². The third kappa shape index (κ3) is 4.42. The van der Waals surface area contributed by atoms with Gasteiger partial charge in [0.05, 0.1) is 32.1 Å². The van der Waals surface area contributed by atoms with Gasteiger partial charge in [-0.1, -0.05) is 25.0 Å². The number of rotatable bonds is 5. The predicted octanol–water partition coefficient (Wildman–Crippen LogP) is 2.10. The first-order chi connectivity index (χ1) is 14.1. The second-order valence-electron chi connectivity index (χ2n) is 7.54. The molecule has 2 fully saturated rings. The second-order valence-corrected chi connectivity index (χ2v) is 7.54. The third-order valence-electron chi connectivity index (χ3n) is 5.56. The highest BCUT2D eigenvalue weighted by Crippen LogP contribution is 2.23. The summed E-state index contributed by atoms with van der Waals surface area (Å²) < 4.78 is 12.3. The Morgan fingerprint density at radius 3 is 2.79 bits per heavy atom. The number of ether oxygens (including phenoxy) is 2. The van der Waals surface area contributed by atoms with E-state index in [-0.39, 0.29) is 29.7 Å². The summed E-state index contributed by atoms with van der Waals surface area (Å²) in [5.41, 5.74) is 1.28. The molecule has 2 atom stereocenters. The van der Waals surface area contributed by atoms with Crippen molar-refractivity contribution in [3.05, 3.63) is 46.8 Å². The fourth-order valence-electron chi connectivity index (χ4n) is 3.99. The molecule has 8 heteroatoms. The smallest absolute Gasteiger partial charge is 0.315 e. The van der Waals surface area contributed by atoms with Crippen LogP contribution in [0.1, 0.15) is 31.7 Å². The minimum absolute atomic E-state index is 0.214. The fraction of sp³-hybridized carbons (Fsp3) is 0.476. The normalized spacial score (nSPS) is 21.8. The lowest BCUT2D eigenvalue weighted by atomic mass is 10.1. The second kappa shape index (κ2) is 8.65. The zero-order chi connectivity index (χ0) is 20.2. The summed E-state index contributed by atoms with van der Waals surface area (Å²) in [7, 11) is 1.61. The van der Waals surface area contributed by atoms with E-state index in [0.29, 0.717) is 18.9 Å². The lowest BCUT2D eigenvalue weighted by Crippen LogP contribution is -2.49. The number of hydrogen-bond acceptors (Lipinski definition) is 5. The molecule has 1 saturated carbocycles. The first-order valence-electron chi connectivity index (χ1n) is 10.0.